The topological polar surface area (TPSA) is 72.6 Å². The molecule has 2 heterocycles. The predicted octanol–water partition coefficient (Wildman–Crippen LogP) is 0.306. The number of rotatable bonds is 5. The van der Waals surface area contributed by atoms with Gasteiger partial charge in [0.05, 0.1) is 33.0 Å². The van der Waals surface area contributed by atoms with Gasteiger partial charge in [-0.1, -0.05) is 0 Å². The van der Waals surface area contributed by atoms with Crippen molar-refractivity contribution in [3.8, 4) is 0 Å². The van der Waals surface area contributed by atoms with Crippen molar-refractivity contribution < 1.29 is 19.0 Å². The number of ether oxygens (including phenoxy) is 3. The third-order valence-electron chi connectivity index (χ3n) is 2.72. The lowest BCUT2D eigenvalue weighted by Gasteiger charge is -2.23. The van der Waals surface area contributed by atoms with E-state index in [1.165, 1.54) is 7.11 Å². The fraction of sp³-hybridized carbons (Fsp3) is 0.583. The molecule has 1 aliphatic rings. The Labute approximate surface area is 106 Å². The summed E-state index contributed by atoms with van der Waals surface area (Å²) in [6.07, 6.45) is 0.105. The van der Waals surface area contributed by atoms with Gasteiger partial charge in [-0.25, -0.2) is 4.79 Å². The molecule has 6 nitrogen and oxygen atoms in total. The molecule has 18 heavy (non-hydrogen) atoms. The molecule has 1 unspecified atom stereocenters. The molecule has 1 aromatic rings. The summed E-state index contributed by atoms with van der Waals surface area (Å²) in [5.74, 6) is -0.356. The first-order valence-electron chi connectivity index (χ1n) is 5.96. The summed E-state index contributed by atoms with van der Waals surface area (Å²) in [4.78, 5) is 14.2. The number of aromatic nitrogens is 1. The Morgan fingerprint density at radius 2 is 2.44 bits per heavy atom. The van der Waals surface area contributed by atoms with E-state index in [1.807, 2.05) is 6.07 Å². The number of hydrogen-bond donors (Lipinski definition) is 2. The van der Waals surface area contributed by atoms with Gasteiger partial charge in [0, 0.05) is 18.8 Å². The number of H-pyrrole nitrogens is 1. The molecule has 0 bridgehead atoms. The summed E-state index contributed by atoms with van der Waals surface area (Å²) in [6, 6.07) is 3.57. The number of carbonyl (C=O) groups excluding carboxylic acids is 1. The molecule has 0 aromatic carbocycles. The maximum absolute atomic E-state index is 11.2. The van der Waals surface area contributed by atoms with Crippen LogP contribution < -0.4 is 5.32 Å². The Bertz CT molecular complexity index is 385. The molecular formula is C12H18N2O4. The molecule has 100 valence electrons. The fourth-order valence-corrected chi connectivity index (χ4v) is 1.79. The predicted molar refractivity (Wildman–Crippen MR) is 64.4 cm³/mol. The van der Waals surface area contributed by atoms with Gasteiger partial charge in [0.15, 0.2) is 0 Å². The highest BCUT2D eigenvalue weighted by atomic mass is 16.6. The number of methoxy groups -OCH3 is 1. The minimum atomic E-state index is -0.356. The second kappa shape index (κ2) is 6.53. The Hall–Kier alpha value is -1.37. The van der Waals surface area contributed by atoms with Gasteiger partial charge in [-0.2, -0.15) is 0 Å². The van der Waals surface area contributed by atoms with Gasteiger partial charge in [-0.05, 0) is 12.1 Å². The molecular weight excluding hydrogens is 236 g/mol. The summed E-state index contributed by atoms with van der Waals surface area (Å²) in [7, 11) is 1.36. The fourth-order valence-electron chi connectivity index (χ4n) is 1.79. The van der Waals surface area contributed by atoms with Crippen LogP contribution in [0.4, 0.5) is 0 Å². The van der Waals surface area contributed by atoms with Crippen LogP contribution >= 0.6 is 0 Å². The number of nitrogens with one attached hydrogen (secondary N) is 2. The molecule has 2 rings (SSSR count). The average molecular weight is 254 g/mol. The van der Waals surface area contributed by atoms with E-state index >= 15 is 0 Å². The van der Waals surface area contributed by atoms with Crippen LogP contribution in [0.2, 0.25) is 0 Å². The van der Waals surface area contributed by atoms with E-state index in [4.69, 9.17) is 9.47 Å². The maximum atomic E-state index is 11.2. The van der Waals surface area contributed by atoms with E-state index in [-0.39, 0.29) is 12.1 Å². The average Bonchev–Trinajstić information content (AvgIpc) is 2.88. The summed E-state index contributed by atoms with van der Waals surface area (Å²) < 4.78 is 15.4. The van der Waals surface area contributed by atoms with Gasteiger partial charge in [0.1, 0.15) is 5.69 Å². The van der Waals surface area contributed by atoms with Crippen molar-refractivity contribution in [1.29, 1.82) is 0 Å². The van der Waals surface area contributed by atoms with Crippen LogP contribution in [0.1, 0.15) is 16.2 Å². The number of hydrogen-bond acceptors (Lipinski definition) is 5. The monoisotopic (exact) mass is 254 g/mol. The van der Waals surface area contributed by atoms with Crippen LogP contribution in [0.5, 0.6) is 0 Å². The second-order valence-corrected chi connectivity index (χ2v) is 4.09. The van der Waals surface area contributed by atoms with Gasteiger partial charge in [-0.3, -0.25) is 0 Å². The maximum Gasteiger partial charge on any atom is 0.354 e. The van der Waals surface area contributed by atoms with E-state index in [9.17, 15) is 4.79 Å². The summed E-state index contributed by atoms with van der Waals surface area (Å²) >= 11 is 0. The minimum absolute atomic E-state index is 0.105. The normalized spacial score (nSPS) is 19.7. The molecule has 0 spiro atoms. The highest BCUT2D eigenvalue weighted by Gasteiger charge is 2.13. The van der Waals surface area contributed by atoms with Crippen LogP contribution in [0.25, 0.3) is 0 Å². The second-order valence-electron chi connectivity index (χ2n) is 4.09. The Morgan fingerprint density at radius 3 is 3.17 bits per heavy atom. The Kier molecular flexibility index (Phi) is 4.74. The first kappa shape index (κ1) is 13.1. The summed E-state index contributed by atoms with van der Waals surface area (Å²) in [5, 5.41) is 3.25. The summed E-state index contributed by atoms with van der Waals surface area (Å²) in [5.41, 5.74) is 1.40. The van der Waals surface area contributed by atoms with Crippen LogP contribution in [0, 0.1) is 0 Å². The van der Waals surface area contributed by atoms with Crippen molar-refractivity contribution in [2.75, 3.05) is 33.5 Å². The van der Waals surface area contributed by atoms with Crippen molar-refractivity contribution in [2.45, 2.75) is 12.6 Å². The first-order valence-corrected chi connectivity index (χ1v) is 5.96. The molecule has 1 atom stereocenters. The molecule has 1 saturated heterocycles. The van der Waals surface area contributed by atoms with E-state index in [1.54, 1.807) is 6.07 Å². The van der Waals surface area contributed by atoms with Gasteiger partial charge in [0.2, 0.25) is 0 Å². The molecule has 1 aliphatic heterocycles. The highest BCUT2D eigenvalue weighted by Crippen LogP contribution is 2.04. The molecule has 2 N–H and O–H groups in total. The number of esters is 1. The van der Waals surface area contributed by atoms with Gasteiger partial charge >= 0.3 is 5.97 Å². The smallest absolute Gasteiger partial charge is 0.354 e. The summed E-state index contributed by atoms with van der Waals surface area (Å²) in [6.45, 7) is 3.34. The molecule has 0 aliphatic carbocycles. The SMILES string of the molecule is COC(=O)c1ccc(CNCC2COCCO2)[nH]1. The molecule has 0 radical (unpaired) electrons. The van der Waals surface area contributed by atoms with Gasteiger partial charge in [0.25, 0.3) is 0 Å². The van der Waals surface area contributed by atoms with Crippen molar-refractivity contribution in [2.24, 2.45) is 0 Å². The molecule has 1 aromatic heterocycles. The third kappa shape index (κ3) is 3.56. The zero-order valence-corrected chi connectivity index (χ0v) is 10.4. The Balaban J connectivity index is 1.72. The van der Waals surface area contributed by atoms with E-state index in [0.29, 0.717) is 32.1 Å². The zero-order chi connectivity index (χ0) is 12.8. The lowest BCUT2D eigenvalue weighted by molar-refractivity contribution is -0.0864. The standard InChI is InChI=1S/C12H18N2O4/c1-16-12(15)11-3-2-9(14-11)6-13-7-10-8-17-4-5-18-10/h2-3,10,13-14H,4-8H2,1H3. The molecule has 6 heteroatoms. The molecule has 1 fully saturated rings. The van der Waals surface area contributed by atoms with Crippen molar-refractivity contribution >= 4 is 5.97 Å². The van der Waals surface area contributed by atoms with E-state index < -0.39 is 0 Å². The van der Waals surface area contributed by atoms with Crippen LogP contribution in [0.3, 0.4) is 0 Å². The molecule has 0 saturated carbocycles. The van der Waals surface area contributed by atoms with Gasteiger partial charge in [-0.15, -0.1) is 0 Å². The largest absolute Gasteiger partial charge is 0.464 e. The molecule has 0 amide bonds. The van der Waals surface area contributed by atoms with Crippen LogP contribution in [0.15, 0.2) is 12.1 Å². The first-order chi connectivity index (χ1) is 8.79. The lowest BCUT2D eigenvalue weighted by atomic mass is 10.3. The van der Waals surface area contributed by atoms with Crippen LogP contribution in [-0.4, -0.2) is 50.5 Å². The van der Waals surface area contributed by atoms with Crippen LogP contribution in [-0.2, 0) is 20.8 Å². The quantitative estimate of drug-likeness (QED) is 0.740. The van der Waals surface area contributed by atoms with E-state index in [2.05, 4.69) is 15.0 Å². The zero-order valence-electron chi connectivity index (χ0n) is 10.4. The van der Waals surface area contributed by atoms with Crippen molar-refractivity contribution in [1.82, 2.24) is 10.3 Å². The third-order valence-corrected chi connectivity index (χ3v) is 2.72. The van der Waals surface area contributed by atoms with E-state index in [0.717, 1.165) is 12.2 Å². The van der Waals surface area contributed by atoms with Gasteiger partial charge < -0.3 is 24.5 Å². The number of carbonyl (C=O) groups is 1. The van der Waals surface area contributed by atoms with Crippen molar-refractivity contribution in [3.63, 3.8) is 0 Å². The lowest BCUT2D eigenvalue weighted by Crippen LogP contribution is -2.37. The van der Waals surface area contributed by atoms with Crippen molar-refractivity contribution in [3.05, 3.63) is 23.5 Å². The Morgan fingerprint density at radius 1 is 1.56 bits per heavy atom. The minimum Gasteiger partial charge on any atom is -0.464 e. The number of aromatic amines is 1. The highest BCUT2D eigenvalue weighted by molar-refractivity contribution is 5.87.